The van der Waals surface area contributed by atoms with Crippen LogP contribution in [0.15, 0.2) is 30.3 Å². The van der Waals surface area contributed by atoms with Gasteiger partial charge in [0.05, 0.1) is 23.1 Å². The van der Waals surface area contributed by atoms with E-state index in [2.05, 4.69) is 16.0 Å². The van der Waals surface area contributed by atoms with E-state index in [1.165, 1.54) is 4.90 Å². The van der Waals surface area contributed by atoms with Crippen LogP contribution in [0.2, 0.25) is 0 Å². The van der Waals surface area contributed by atoms with Crippen LogP contribution >= 0.6 is 0 Å². The highest BCUT2D eigenvalue weighted by Gasteiger charge is 2.70. The summed E-state index contributed by atoms with van der Waals surface area (Å²) in [6.45, 7) is 15.4. The number of rotatable bonds is 15. The van der Waals surface area contributed by atoms with E-state index in [-0.39, 0.29) is 40.6 Å². The summed E-state index contributed by atoms with van der Waals surface area (Å²) < 4.78 is 26.7. The van der Waals surface area contributed by atoms with Crippen LogP contribution in [-0.4, -0.2) is 78.8 Å². The molecule has 5 N–H and O–H groups in total. The summed E-state index contributed by atoms with van der Waals surface area (Å²) in [6.07, 6.45) is 2.50. The molecule has 1 aromatic carbocycles. The Kier molecular flexibility index (Phi) is 11.0. The molecule has 0 radical (unpaired) electrons. The van der Waals surface area contributed by atoms with Crippen molar-refractivity contribution < 1.29 is 32.4 Å². The summed E-state index contributed by atoms with van der Waals surface area (Å²) in [6, 6.07) is 5.15. The molecular weight excluding hydrogens is 646 g/mol. The van der Waals surface area contributed by atoms with Crippen LogP contribution in [-0.2, 0) is 34.8 Å². The fourth-order valence-electron chi connectivity index (χ4n) is 7.83. The number of carbonyl (C=O) groups is 5. The SMILES string of the molecule is CC(C)CC(C)(CS(=O)(=O)Cc1ccccc1)NC(=O)N[C@H](C(=O)N1C[C@H]2C([C@H]1C(=O)NC(CC1CC1)C(=O)C(N)=O)C2(C)C)C(C)(C)C. The zero-order valence-corrected chi connectivity index (χ0v) is 31.0. The van der Waals surface area contributed by atoms with E-state index < -0.39 is 68.5 Å². The summed E-state index contributed by atoms with van der Waals surface area (Å²) in [5, 5.41) is 8.48. The standard InChI is InChI=1S/C36H55N5O7S/c1-21(2)17-36(8,20-49(47,48)19-23-12-10-9-11-13-23)40-33(46)39-29(34(3,4)5)32(45)41-18-24-26(35(24,6)7)27(41)31(44)38-25(16-22-14-15-22)28(42)30(37)43/h9-13,21-22,24-27,29H,14-20H2,1-8H3,(H2,37,43)(H,38,44)(H2,39,40,46)/t24-,25?,26?,27-,29+,36?/m0/s1. The molecule has 0 aromatic heterocycles. The number of nitrogens with two attached hydrogens (primary N) is 1. The Labute approximate surface area is 291 Å². The topological polar surface area (TPSA) is 185 Å². The van der Waals surface area contributed by atoms with E-state index in [4.69, 9.17) is 5.73 Å². The molecule has 2 aliphatic carbocycles. The number of hydrogen-bond donors (Lipinski definition) is 4. The van der Waals surface area contributed by atoms with Gasteiger partial charge < -0.3 is 26.6 Å². The summed E-state index contributed by atoms with van der Waals surface area (Å²) in [5.74, 6) is -3.25. The fraction of sp³-hybridized carbons (Fsp3) is 0.694. The maximum atomic E-state index is 14.4. The van der Waals surface area contributed by atoms with Crippen LogP contribution in [0, 0.1) is 34.5 Å². The molecule has 1 aromatic rings. The predicted molar refractivity (Wildman–Crippen MR) is 186 cm³/mol. The highest BCUT2D eigenvalue weighted by atomic mass is 32.2. The Hall–Kier alpha value is -3.48. The second-order valence-corrected chi connectivity index (χ2v) is 19.0. The van der Waals surface area contributed by atoms with Crippen LogP contribution in [0.1, 0.15) is 86.6 Å². The Bertz CT molecular complexity index is 1550. The molecule has 1 heterocycles. The van der Waals surface area contributed by atoms with Gasteiger partial charge in [-0.3, -0.25) is 19.2 Å². The monoisotopic (exact) mass is 701 g/mol. The Morgan fingerprint density at radius 1 is 1.00 bits per heavy atom. The van der Waals surface area contributed by atoms with Gasteiger partial charge in [0, 0.05) is 6.54 Å². The second kappa shape index (κ2) is 14.0. The molecular formula is C36H55N5O7S. The lowest BCUT2D eigenvalue weighted by atomic mass is 9.85. The first-order chi connectivity index (χ1) is 22.5. The average Bonchev–Trinajstić information content (AvgIpc) is 3.80. The Morgan fingerprint density at radius 2 is 1.61 bits per heavy atom. The number of urea groups is 1. The third kappa shape index (κ3) is 9.40. The first-order valence-electron chi connectivity index (χ1n) is 17.3. The number of sulfone groups is 1. The maximum absolute atomic E-state index is 14.4. The van der Waals surface area contributed by atoms with E-state index in [1.807, 2.05) is 33.8 Å². The van der Waals surface area contributed by atoms with Gasteiger partial charge in [-0.25, -0.2) is 13.2 Å². The van der Waals surface area contributed by atoms with Crippen molar-refractivity contribution in [2.45, 2.75) is 110 Å². The van der Waals surface area contributed by atoms with Crippen molar-refractivity contribution in [1.29, 1.82) is 0 Å². The largest absolute Gasteiger partial charge is 0.363 e. The van der Waals surface area contributed by atoms with Gasteiger partial charge in [-0.2, -0.15) is 0 Å². The van der Waals surface area contributed by atoms with E-state index in [0.29, 0.717) is 24.9 Å². The van der Waals surface area contributed by atoms with E-state index in [0.717, 1.165) is 12.8 Å². The number of nitrogens with one attached hydrogen (secondary N) is 3. The van der Waals surface area contributed by atoms with Crippen LogP contribution in [0.3, 0.4) is 0 Å². The number of primary amides is 1. The van der Waals surface area contributed by atoms with Crippen molar-refractivity contribution in [3.8, 4) is 0 Å². The van der Waals surface area contributed by atoms with Crippen LogP contribution in [0.4, 0.5) is 4.79 Å². The number of piperidine rings is 1. The predicted octanol–water partition coefficient (Wildman–Crippen LogP) is 2.94. The number of benzene rings is 1. The number of amides is 5. The van der Waals surface area contributed by atoms with E-state index in [1.54, 1.807) is 52.0 Å². The molecule has 4 rings (SSSR count). The van der Waals surface area contributed by atoms with Crippen molar-refractivity contribution in [2.24, 2.45) is 40.2 Å². The summed E-state index contributed by atoms with van der Waals surface area (Å²) in [7, 11) is -3.64. The number of fused-ring (bicyclic) bond motifs is 1. The molecule has 13 heteroatoms. The second-order valence-electron chi connectivity index (χ2n) is 16.9. The van der Waals surface area contributed by atoms with Crippen molar-refractivity contribution in [2.75, 3.05) is 12.3 Å². The van der Waals surface area contributed by atoms with Gasteiger partial charge >= 0.3 is 6.03 Å². The molecule has 5 amide bonds. The summed E-state index contributed by atoms with van der Waals surface area (Å²) >= 11 is 0. The van der Waals surface area contributed by atoms with Crippen LogP contribution < -0.4 is 21.7 Å². The minimum Gasteiger partial charge on any atom is -0.363 e. The molecule has 2 saturated carbocycles. The van der Waals surface area contributed by atoms with Crippen LogP contribution in [0.5, 0.6) is 0 Å². The minimum absolute atomic E-state index is 0.0412. The van der Waals surface area contributed by atoms with Gasteiger partial charge in [0.1, 0.15) is 12.1 Å². The number of likely N-dealkylation sites (tertiary alicyclic amines) is 1. The van der Waals surface area contributed by atoms with Crippen molar-refractivity contribution in [3.05, 3.63) is 35.9 Å². The molecule has 3 aliphatic rings. The average molecular weight is 702 g/mol. The molecule has 6 atom stereocenters. The summed E-state index contributed by atoms with van der Waals surface area (Å²) in [5.41, 5.74) is 3.81. The number of nitrogens with zero attached hydrogens (tertiary/aromatic N) is 1. The van der Waals surface area contributed by atoms with Gasteiger partial charge in [0.15, 0.2) is 9.84 Å². The lowest BCUT2D eigenvalue weighted by Gasteiger charge is -2.39. The lowest BCUT2D eigenvalue weighted by Crippen LogP contribution is -2.63. The van der Waals surface area contributed by atoms with Gasteiger partial charge in [0.25, 0.3) is 5.91 Å². The van der Waals surface area contributed by atoms with Gasteiger partial charge in [0.2, 0.25) is 17.6 Å². The zero-order valence-electron chi connectivity index (χ0n) is 30.2. The number of hydrogen-bond acceptors (Lipinski definition) is 7. The first kappa shape index (κ1) is 38.3. The van der Waals surface area contributed by atoms with Gasteiger partial charge in [-0.05, 0) is 59.8 Å². The number of carbonyl (C=O) groups excluding carboxylic acids is 5. The minimum atomic E-state index is -3.64. The Balaban J connectivity index is 1.53. The highest BCUT2D eigenvalue weighted by molar-refractivity contribution is 7.90. The zero-order chi connectivity index (χ0) is 36.7. The molecule has 3 fully saturated rings. The molecule has 49 heavy (non-hydrogen) atoms. The molecule has 1 aliphatic heterocycles. The third-order valence-electron chi connectivity index (χ3n) is 10.3. The van der Waals surface area contributed by atoms with Crippen molar-refractivity contribution in [1.82, 2.24) is 20.9 Å². The third-order valence-corrected chi connectivity index (χ3v) is 12.2. The maximum Gasteiger partial charge on any atom is 0.315 e. The molecule has 0 bridgehead atoms. The van der Waals surface area contributed by atoms with Gasteiger partial charge in [-0.15, -0.1) is 0 Å². The molecule has 3 unspecified atom stereocenters. The van der Waals surface area contributed by atoms with Crippen LogP contribution in [0.25, 0.3) is 0 Å². The first-order valence-corrected chi connectivity index (χ1v) is 19.1. The van der Waals surface area contributed by atoms with E-state index in [9.17, 15) is 32.4 Å². The smallest absolute Gasteiger partial charge is 0.315 e. The molecule has 1 saturated heterocycles. The van der Waals surface area contributed by atoms with Crippen molar-refractivity contribution in [3.63, 3.8) is 0 Å². The normalized spacial score (nSPS) is 23.9. The van der Waals surface area contributed by atoms with E-state index >= 15 is 0 Å². The molecule has 12 nitrogen and oxygen atoms in total. The number of Topliss-reactive ketones (excluding diaryl/α,β-unsaturated/α-hetero) is 1. The fourth-order valence-corrected chi connectivity index (χ4v) is 9.79. The van der Waals surface area contributed by atoms with Gasteiger partial charge in [-0.1, -0.05) is 91.6 Å². The molecule has 272 valence electrons. The lowest BCUT2D eigenvalue weighted by molar-refractivity contribution is -0.145. The molecule has 0 spiro atoms. The highest BCUT2D eigenvalue weighted by Crippen LogP contribution is 2.65. The van der Waals surface area contributed by atoms with Crippen molar-refractivity contribution >= 4 is 39.4 Å². The number of ketones is 1. The Morgan fingerprint density at radius 3 is 2.14 bits per heavy atom. The quantitative estimate of drug-likeness (QED) is 0.203. The summed E-state index contributed by atoms with van der Waals surface area (Å²) in [4.78, 5) is 67.9.